The quantitative estimate of drug-likeness (QED) is 0.584. The zero-order chi connectivity index (χ0) is 8.27. The lowest BCUT2D eigenvalue weighted by atomic mass is 10.1. The van der Waals surface area contributed by atoms with E-state index in [0.717, 1.165) is 26.1 Å². The molecule has 0 aromatic carbocycles. The number of amides is 1. The van der Waals surface area contributed by atoms with Gasteiger partial charge in [0.15, 0.2) is 0 Å². The minimum Gasteiger partial charge on any atom is -0.342 e. The lowest BCUT2D eigenvalue weighted by Crippen LogP contribution is -2.46. The Hall–Kier alpha value is -0.570. The highest BCUT2D eigenvalue weighted by Gasteiger charge is 2.24. The Morgan fingerprint density at radius 3 is 2.82 bits per heavy atom. The van der Waals surface area contributed by atoms with E-state index in [0.29, 0.717) is 11.8 Å². The van der Waals surface area contributed by atoms with Crippen LogP contribution < -0.4 is 5.32 Å². The molecule has 0 aromatic heterocycles. The number of nitrogens with zero attached hydrogens (tertiary/aromatic N) is 1. The molecule has 1 unspecified atom stereocenters. The first-order valence-electron chi connectivity index (χ1n) is 4.16. The Kier molecular flexibility index (Phi) is 2.88. The molecule has 0 aromatic rings. The zero-order valence-corrected chi connectivity index (χ0v) is 7.26. The van der Waals surface area contributed by atoms with Gasteiger partial charge in [0, 0.05) is 19.5 Å². The Labute approximate surface area is 67.8 Å². The van der Waals surface area contributed by atoms with Crippen molar-refractivity contribution in [3.63, 3.8) is 0 Å². The first-order chi connectivity index (χ1) is 5.24. The number of nitrogens with one attached hydrogen (secondary N) is 1. The summed E-state index contributed by atoms with van der Waals surface area (Å²) in [6.45, 7) is 5.03. The number of likely N-dealkylation sites (tertiary alicyclic amines) is 1. The van der Waals surface area contributed by atoms with Crippen molar-refractivity contribution >= 4 is 5.91 Å². The number of hydrogen-bond donors (Lipinski definition) is 1. The van der Waals surface area contributed by atoms with Gasteiger partial charge in [-0.3, -0.25) is 4.79 Å². The number of hydrogen-bond acceptors (Lipinski definition) is 2. The van der Waals surface area contributed by atoms with E-state index >= 15 is 0 Å². The van der Waals surface area contributed by atoms with Gasteiger partial charge in [-0.1, -0.05) is 6.92 Å². The van der Waals surface area contributed by atoms with Crippen LogP contribution in [0.1, 0.15) is 13.3 Å². The third-order valence-electron chi connectivity index (χ3n) is 2.03. The Bertz CT molecular complexity index is 147. The summed E-state index contributed by atoms with van der Waals surface area (Å²) < 4.78 is 0. The summed E-state index contributed by atoms with van der Waals surface area (Å²) in [5.74, 6) is 0.886. The minimum absolute atomic E-state index is 0.313. The molecule has 0 aliphatic carbocycles. The molecular weight excluding hydrogens is 140 g/mol. The molecule has 64 valence electrons. The summed E-state index contributed by atoms with van der Waals surface area (Å²) >= 11 is 0. The Balaban J connectivity index is 2.14. The van der Waals surface area contributed by atoms with Gasteiger partial charge in [0.2, 0.25) is 5.91 Å². The van der Waals surface area contributed by atoms with Gasteiger partial charge in [-0.25, -0.2) is 0 Å². The van der Waals surface area contributed by atoms with Crippen molar-refractivity contribution in [2.45, 2.75) is 13.3 Å². The van der Waals surface area contributed by atoms with Crippen LogP contribution in [0.5, 0.6) is 0 Å². The van der Waals surface area contributed by atoms with Crippen LogP contribution in [0.4, 0.5) is 0 Å². The van der Waals surface area contributed by atoms with Crippen LogP contribution >= 0.6 is 0 Å². The maximum Gasteiger partial charge on any atom is 0.224 e. The minimum atomic E-state index is 0.313. The average Bonchev–Trinajstić information content (AvgIpc) is 1.98. The molecule has 11 heavy (non-hydrogen) atoms. The van der Waals surface area contributed by atoms with Crippen molar-refractivity contribution in [3.8, 4) is 0 Å². The maximum atomic E-state index is 10.9. The Morgan fingerprint density at radius 2 is 2.45 bits per heavy atom. The molecule has 1 N–H and O–H groups in total. The lowest BCUT2D eigenvalue weighted by molar-refractivity contribution is -0.140. The molecular formula is C8H16N2O. The fourth-order valence-corrected chi connectivity index (χ4v) is 1.34. The Morgan fingerprint density at radius 1 is 1.73 bits per heavy atom. The van der Waals surface area contributed by atoms with Gasteiger partial charge in [-0.2, -0.15) is 0 Å². The lowest BCUT2D eigenvalue weighted by Gasteiger charge is -2.32. The molecule has 3 nitrogen and oxygen atoms in total. The van der Waals surface area contributed by atoms with Gasteiger partial charge in [-0.15, -0.1) is 0 Å². The van der Waals surface area contributed by atoms with Crippen molar-refractivity contribution in [2.24, 2.45) is 5.92 Å². The molecule has 3 heteroatoms. The molecule has 0 spiro atoms. The maximum absolute atomic E-state index is 10.9. The largest absolute Gasteiger partial charge is 0.342 e. The summed E-state index contributed by atoms with van der Waals surface area (Å²) in [6.07, 6.45) is 0.756. The van der Waals surface area contributed by atoms with Gasteiger partial charge >= 0.3 is 0 Å². The first-order valence-corrected chi connectivity index (χ1v) is 4.16. The van der Waals surface area contributed by atoms with Gasteiger partial charge < -0.3 is 10.2 Å². The first kappa shape index (κ1) is 8.53. The van der Waals surface area contributed by atoms with Crippen molar-refractivity contribution in [2.75, 3.05) is 26.7 Å². The molecule has 1 aliphatic heterocycles. The van der Waals surface area contributed by atoms with E-state index < -0.39 is 0 Å². The topological polar surface area (TPSA) is 32.3 Å². The predicted octanol–water partition coefficient (Wildman–Crippen LogP) is 0.0742. The van der Waals surface area contributed by atoms with Gasteiger partial charge in [0.1, 0.15) is 0 Å². The number of rotatable bonds is 4. The second-order valence-electron chi connectivity index (χ2n) is 3.25. The van der Waals surface area contributed by atoms with Crippen LogP contribution in [0.25, 0.3) is 0 Å². The molecule has 1 heterocycles. The van der Waals surface area contributed by atoms with Crippen LogP contribution in [0.2, 0.25) is 0 Å². The molecule has 1 atom stereocenters. The van der Waals surface area contributed by atoms with E-state index in [-0.39, 0.29) is 0 Å². The molecule has 0 radical (unpaired) electrons. The highest BCUT2D eigenvalue weighted by Crippen LogP contribution is 2.10. The van der Waals surface area contributed by atoms with Crippen molar-refractivity contribution < 1.29 is 4.79 Å². The number of carbonyl (C=O) groups excluding carboxylic acids is 1. The van der Waals surface area contributed by atoms with Crippen LogP contribution in [0.3, 0.4) is 0 Å². The van der Waals surface area contributed by atoms with Crippen LogP contribution in [-0.4, -0.2) is 37.5 Å². The summed E-state index contributed by atoms with van der Waals surface area (Å²) in [5, 5.41) is 3.10. The third kappa shape index (κ3) is 2.19. The van der Waals surface area contributed by atoms with Crippen molar-refractivity contribution in [1.29, 1.82) is 0 Å². The highest BCUT2D eigenvalue weighted by atomic mass is 16.2. The third-order valence-corrected chi connectivity index (χ3v) is 2.03. The molecule has 1 amide bonds. The highest BCUT2D eigenvalue weighted by molar-refractivity contribution is 5.81. The van der Waals surface area contributed by atoms with Gasteiger partial charge in [0.25, 0.3) is 0 Å². The summed E-state index contributed by atoms with van der Waals surface area (Å²) in [5.41, 5.74) is 0. The summed E-state index contributed by atoms with van der Waals surface area (Å²) in [7, 11) is 1.94. The zero-order valence-electron chi connectivity index (χ0n) is 7.26. The predicted molar refractivity (Wildman–Crippen MR) is 44.3 cm³/mol. The SMILES string of the molecule is CNCC(C)CN1CCC1=O. The van der Waals surface area contributed by atoms with E-state index in [1.54, 1.807) is 0 Å². The van der Waals surface area contributed by atoms with Crippen LogP contribution in [-0.2, 0) is 4.79 Å². The molecule has 1 aliphatic rings. The second kappa shape index (κ2) is 3.72. The summed E-state index contributed by atoms with van der Waals surface area (Å²) in [4.78, 5) is 12.8. The smallest absolute Gasteiger partial charge is 0.224 e. The molecule has 0 bridgehead atoms. The number of carbonyl (C=O) groups is 1. The van der Waals surface area contributed by atoms with Crippen LogP contribution in [0.15, 0.2) is 0 Å². The van der Waals surface area contributed by atoms with E-state index in [2.05, 4.69) is 12.2 Å². The van der Waals surface area contributed by atoms with Gasteiger partial charge in [-0.05, 0) is 19.5 Å². The monoisotopic (exact) mass is 156 g/mol. The molecule has 1 fully saturated rings. The van der Waals surface area contributed by atoms with Crippen molar-refractivity contribution in [1.82, 2.24) is 10.2 Å². The second-order valence-corrected chi connectivity index (χ2v) is 3.25. The normalized spacial score (nSPS) is 19.8. The van der Waals surface area contributed by atoms with E-state index in [4.69, 9.17) is 0 Å². The summed E-state index contributed by atoms with van der Waals surface area (Å²) in [6, 6.07) is 0. The van der Waals surface area contributed by atoms with E-state index in [1.807, 2.05) is 11.9 Å². The molecule has 0 saturated carbocycles. The average molecular weight is 156 g/mol. The van der Waals surface area contributed by atoms with Crippen molar-refractivity contribution in [3.05, 3.63) is 0 Å². The fourth-order valence-electron chi connectivity index (χ4n) is 1.34. The van der Waals surface area contributed by atoms with E-state index in [9.17, 15) is 4.79 Å². The molecule has 1 saturated heterocycles. The standard InChI is InChI=1S/C8H16N2O/c1-7(5-9-2)6-10-4-3-8(10)11/h7,9H,3-6H2,1-2H3. The molecule has 1 rings (SSSR count). The van der Waals surface area contributed by atoms with Gasteiger partial charge in [0.05, 0.1) is 0 Å². The van der Waals surface area contributed by atoms with E-state index in [1.165, 1.54) is 0 Å². The number of β-lactam (4-membered cyclic amide) rings is 1. The van der Waals surface area contributed by atoms with Crippen LogP contribution in [0, 0.1) is 5.92 Å². The fraction of sp³-hybridized carbons (Fsp3) is 0.875.